The van der Waals surface area contributed by atoms with E-state index >= 15 is 0 Å². The summed E-state index contributed by atoms with van der Waals surface area (Å²) in [7, 11) is 0. The zero-order chi connectivity index (χ0) is 20.1. The molecule has 0 amide bonds. The smallest absolute Gasteiger partial charge is 0.119 e. The Morgan fingerprint density at radius 2 is 1.56 bits per heavy atom. The number of aliphatic hydroxyl groups excluding tert-OH is 1. The van der Waals surface area contributed by atoms with Crippen LogP contribution in [0.3, 0.4) is 0 Å². The second kappa shape index (κ2) is 21.7. The van der Waals surface area contributed by atoms with Crippen molar-refractivity contribution in [3.8, 4) is 0 Å². The zero-order valence-corrected chi connectivity index (χ0v) is 17.3. The molecule has 25 heavy (non-hydrogen) atoms. The van der Waals surface area contributed by atoms with Crippen LogP contribution in [0.4, 0.5) is 0 Å². The van der Waals surface area contributed by atoms with Gasteiger partial charge in [0, 0.05) is 5.57 Å². The molecule has 0 bridgehead atoms. The van der Waals surface area contributed by atoms with E-state index in [-0.39, 0.29) is 5.76 Å². The van der Waals surface area contributed by atoms with Gasteiger partial charge in [-0.3, -0.25) is 0 Å². The van der Waals surface area contributed by atoms with Gasteiger partial charge < -0.3 is 5.11 Å². The first-order chi connectivity index (χ1) is 12.2. The molecule has 0 radical (unpaired) electrons. The Balaban J connectivity index is -0.000000725. The third-order valence-corrected chi connectivity index (χ3v) is 2.69. The van der Waals surface area contributed by atoms with Gasteiger partial charge in [0.05, 0.1) is 0 Å². The maximum atomic E-state index is 10.0. The highest BCUT2D eigenvalue weighted by Gasteiger charge is 2.10. The SMILES string of the molecule is C=C/C=C(C1=C/C\C=C/C=C/C=C\C/1=C)/C(O)=C\C.CC.CC.CC. The summed E-state index contributed by atoms with van der Waals surface area (Å²) < 4.78 is 0. The highest BCUT2D eigenvalue weighted by molar-refractivity contribution is 5.57. The molecule has 0 aromatic rings. The van der Waals surface area contributed by atoms with Crippen molar-refractivity contribution < 1.29 is 5.11 Å². The maximum absolute atomic E-state index is 10.0. The molecule has 140 valence electrons. The summed E-state index contributed by atoms with van der Waals surface area (Å²) >= 11 is 0. The normalized spacial score (nSPS) is 19.8. The summed E-state index contributed by atoms with van der Waals surface area (Å²) in [6.45, 7) is 21.6. The van der Waals surface area contributed by atoms with Crippen LogP contribution in [0.25, 0.3) is 0 Å². The van der Waals surface area contributed by atoms with Crippen molar-refractivity contribution in [3.05, 3.63) is 96.4 Å². The van der Waals surface area contributed by atoms with Crippen LogP contribution in [0.1, 0.15) is 54.9 Å². The van der Waals surface area contributed by atoms with Crippen molar-refractivity contribution >= 4 is 0 Å². The van der Waals surface area contributed by atoms with E-state index in [4.69, 9.17) is 0 Å². The van der Waals surface area contributed by atoms with Gasteiger partial charge in [-0.15, -0.1) is 0 Å². The van der Waals surface area contributed by atoms with Crippen LogP contribution >= 0.6 is 0 Å². The summed E-state index contributed by atoms with van der Waals surface area (Å²) in [4.78, 5) is 0. The molecule has 1 heteroatoms. The van der Waals surface area contributed by atoms with Crippen molar-refractivity contribution in [2.24, 2.45) is 0 Å². The summed E-state index contributed by atoms with van der Waals surface area (Å²) in [5.74, 6) is 0.234. The van der Waals surface area contributed by atoms with E-state index in [0.717, 1.165) is 23.1 Å². The molecular weight excluding hydrogens is 304 g/mol. The van der Waals surface area contributed by atoms with Gasteiger partial charge in [0.2, 0.25) is 0 Å². The Hall–Kier alpha value is -2.28. The first-order valence-electron chi connectivity index (χ1n) is 9.28. The van der Waals surface area contributed by atoms with Crippen molar-refractivity contribution in [1.29, 1.82) is 0 Å². The molecule has 0 atom stereocenters. The summed E-state index contributed by atoms with van der Waals surface area (Å²) in [5, 5.41) is 10.0. The van der Waals surface area contributed by atoms with E-state index in [0.29, 0.717) is 0 Å². The van der Waals surface area contributed by atoms with Gasteiger partial charge in [0.25, 0.3) is 0 Å². The first kappa shape index (κ1) is 27.6. The van der Waals surface area contributed by atoms with Gasteiger partial charge in [0.15, 0.2) is 0 Å². The fraction of sp³-hybridized carbons (Fsp3) is 0.333. The second-order valence-corrected chi connectivity index (χ2v) is 4.04. The second-order valence-electron chi connectivity index (χ2n) is 4.04. The highest BCUT2D eigenvalue weighted by atomic mass is 16.3. The van der Waals surface area contributed by atoms with E-state index in [9.17, 15) is 5.11 Å². The molecule has 0 heterocycles. The average molecular weight is 343 g/mol. The monoisotopic (exact) mass is 342 g/mol. The fourth-order valence-electron chi connectivity index (χ4n) is 1.73. The van der Waals surface area contributed by atoms with Crippen molar-refractivity contribution in [3.63, 3.8) is 0 Å². The predicted octanol–water partition coefficient (Wildman–Crippen LogP) is 8.19. The summed E-state index contributed by atoms with van der Waals surface area (Å²) in [5.41, 5.74) is 2.53. The van der Waals surface area contributed by atoms with Gasteiger partial charge in [-0.1, -0.05) is 109 Å². The third kappa shape index (κ3) is 12.8. The Morgan fingerprint density at radius 1 is 1.00 bits per heavy atom. The van der Waals surface area contributed by atoms with E-state index in [1.807, 2.05) is 71.9 Å². The van der Waals surface area contributed by atoms with E-state index in [1.165, 1.54) is 0 Å². The number of aliphatic hydroxyl groups is 1. The number of hydrogen-bond donors (Lipinski definition) is 1. The van der Waals surface area contributed by atoms with E-state index in [2.05, 4.69) is 25.3 Å². The fourth-order valence-corrected chi connectivity index (χ4v) is 1.73. The first-order valence-corrected chi connectivity index (χ1v) is 9.28. The quantitative estimate of drug-likeness (QED) is 0.405. The topological polar surface area (TPSA) is 20.2 Å². The molecule has 0 aliphatic heterocycles. The lowest BCUT2D eigenvalue weighted by Gasteiger charge is -2.12. The number of allylic oxidation sites excluding steroid dienone is 12. The number of rotatable bonds is 3. The molecule has 1 aliphatic carbocycles. The molecule has 1 rings (SSSR count). The number of hydrogen-bond acceptors (Lipinski definition) is 1. The summed E-state index contributed by atoms with van der Waals surface area (Å²) in [6, 6.07) is 0. The minimum Gasteiger partial charge on any atom is -0.508 e. The Morgan fingerprint density at radius 3 is 2.08 bits per heavy atom. The lowest BCUT2D eigenvalue weighted by Crippen LogP contribution is -1.96. The van der Waals surface area contributed by atoms with Gasteiger partial charge in [-0.05, 0) is 30.6 Å². The maximum Gasteiger partial charge on any atom is 0.119 e. The van der Waals surface area contributed by atoms with Crippen LogP contribution < -0.4 is 0 Å². The molecule has 0 aromatic heterocycles. The summed E-state index contributed by atoms with van der Waals surface area (Å²) in [6.07, 6.45) is 19.8. The van der Waals surface area contributed by atoms with Crippen LogP contribution in [-0.4, -0.2) is 5.11 Å². The predicted molar refractivity (Wildman–Crippen MR) is 118 cm³/mol. The lowest BCUT2D eigenvalue weighted by atomic mass is 9.94. The van der Waals surface area contributed by atoms with Crippen LogP contribution in [0.5, 0.6) is 0 Å². The highest BCUT2D eigenvalue weighted by Crippen LogP contribution is 2.25. The standard InChI is InChI=1S/C18H20O.3C2H6/c1-4-12-17(18(19)5-2)16-14-11-9-7-6-8-10-13-15(16)3;3*1-2/h4-10,12-14,19H,1,3,11H2,2H3;3*1-2H3/b8-6+,9-7-,13-10-,16-14-,17-12+,18-5+;;;. The minimum atomic E-state index is 0.234. The minimum absolute atomic E-state index is 0.234. The zero-order valence-electron chi connectivity index (χ0n) is 17.3. The molecule has 1 nitrogen and oxygen atoms in total. The van der Waals surface area contributed by atoms with Gasteiger partial charge >= 0.3 is 0 Å². The van der Waals surface area contributed by atoms with Crippen LogP contribution in [-0.2, 0) is 0 Å². The molecule has 0 spiro atoms. The van der Waals surface area contributed by atoms with Gasteiger partial charge in [-0.2, -0.15) is 0 Å². The Kier molecular flexibility index (Phi) is 23.9. The van der Waals surface area contributed by atoms with Crippen molar-refractivity contribution in [1.82, 2.24) is 0 Å². The molecular formula is C24H38O. The van der Waals surface area contributed by atoms with Crippen molar-refractivity contribution in [2.45, 2.75) is 54.9 Å². The average Bonchev–Trinajstić information content (AvgIpc) is 2.69. The van der Waals surface area contributed by atoms with Gasteiger partial charge in [0.1, 0.15) is 5.76 Å². The lowest BCUT2D eigenvalue weighted by molar-refractivity contribution is 0.424. The largest absolute Gasteiger partial charge is 0.508 e. The Labute approximate surface area is 156 Å². The van der Waals surface area contributed by atoms with E-state index in [1.54, 1.807) is 25.2 Å². The molecule has 1 aliphatic rings. The molecule has 0 saturated carbocycles. The Bertz CT molecular complexity index is 520. The molecule has 0 fully saturated rings. The van der Waals surface area contributed by atoms with E-state index < -0.39 is 0 Å². The molecule has 0 saturated heterocycles. The van der Waals surface area contributed by atoms with Crippen LogP contribution in [0, 0.1) is 0 Å². The van der Waals surface area contributed by atoms with Crippen molar-refractivity contribution in [2.75, 3.05) is 0 Å². The molecule has 0 aromatic carbocycles. The molecule has 0 unspecified atom stereocenters. The molecule has 1 N–H and O–H groups in total. The third-order valence-electron chi connectivity index (χ3n) is 2.69. The van der Waals surface area contributed by atoms with Gasteiger partial charge in [-0.25, -0.2) is 0 Å². The van der Waals surface area contributed by atoms with Crippen LogP contribution in [0.15, 0.2) is 96.4 Å². The van der Waals surface area contributed by atoms with Crippen LogP contribution in [0.2, 0.25) is 0 Å².